The number of halogens is 4. The molecule has 1 aliphatic carbocycles. The summed E-state index contributed by atoms with van der Waals surface area (Å²) in [6, 6.07) is 3.58. The van der Waals surface area contributed by atoms with Crippen LogP contribution in [-0.4, -0.2) is 45.1 Å². The van der Waals surface area contributed by atoms with Crippen LogP contribution in [0.25, 0.3) is 11.3 Å². The minimum absolute atomic E-state index is 0.0698. The fourth-order valence-electron chi connectivity index (χ4n) is 4.31. The zero-order valence-electron chi connectivity index (χ0n) is 16.7. The molecule has 11 heteroatoms. The summed E-state index contributed by atoms with van der Waals surface area (Å²) in [6.07, 6.45) is -1.97. The van der Waals surface area contributed by atoms with E-state index in [0.29, 0.717) is 24.3 Å². The van der Waals surface area contributed by atoms with E-state index in [2.05, 4.69) is 10.4 Å². The number of hydrogen-bond acceptors (Lipinski definition) is 3. The van der Waals surface area contributed by atoms with Crippen LogP contribution in [0.3, 0.4) is 0 Å². The maximum Gasteiger partial charge on any atom is 0.318 e. The maximum atomic E-state index is 13.5. The van der Waals surface area contributed by atoms with Gasteiger partial charge in [0.25, 0.3) is 5.91 Å². The van der Waals surface area contributed by atoms with E-state index in [1.165, 1.54) is 23.1 Å². The van der Waals surface area contributed by atoms with Crippen LogP contribution in [0.4, 0.5) is 18.0 Å². The molecule has 166 valence electrons. The van der Waals surface area contributed by atoms with E-state index < -0.39 is 35.6 Å². The van der Waals surface area contributed by atoms with Crippen LogP contribution in [0.2, 0.25) is 5.02 Å². The SMILES string of the molecule is CC1(NC(=O)N2CCn3nc(-c4ccc(F)c(Cl)c4)c(C(N)=O)c3C2)CC(C(F)F)C1. The summed E-state index contributed by atoms with van der Waals surface area (Å²) in [4.78, 5) is 26.5. The molecule has 1 aromatic carbocycles. The van der Waals surface area contributed by atoms with Gasteiger partial charge in [-0.3, -0.25) is 9.48 Å². The highest BCUT2D eigenvalue weighted by atomic mass is 35.5. The van der Waals surface area contributed by atoms with Gasteiger partial charge in [-0.2, -0.15) is 5.10 Å². The van der Waals surface area contributed by atoms with Crippen LogP contribution in [-0.2, 0) is 13.1 Å². The first-order valence-electron chi connectivity index (χ1n) is 9.78. The number of carbonyl (C=O) groups excluding carboxylic acids is 2. The van der Waals surface area contributed by atoms with Gasteiger partial charge in [-0.05, 0) is 38.0 Å². The number of rotatable bonds is 4. The van der Waals surface area contributed by atoms with E-state index in [4.69, 9.17) is 17.3 Å². The highest BCUT2D eigenvalue weighted by Gasteiger charge is 2.46. The van der Waals surface area contributed by atoms with Crippen molar-refractivity contribution in [2.75, 3.05) is 6.54 Å². The lowest BCUT2D eigenvalue weighted by Gasteiger charge is -2.46. The zero-order valence-corrected chi connectivity index (χ0v) is 17.4. The predicted octanol–water partition coefficient (Wildman–Crippen LogP) is 3.40. The Morgan fingerprint density at radius 2 is 2.03 bits per heavy atom. The molecule has 0 bridgehead atoms. The largest absolute Gasteiger partial charge is 0.365 e. The molecular formula is C20H21ClF3N5O2. The Balaban J connectivity index is 1.56. The highest BCUT2D eigenvalue weighted by Crippen LogP contribution is 2.41. The van der Waals surface area contributed by atoms with Crippen LogP contribution in [0.1, 0.15) is 35.8 Å². The Hall–Kier alpha value is -2.75. The summed E-state index contributed by atoms with van der Waals surface area (Å²) < 4.78 is 40.7. The maximum absolute atomic E-state index is 13.5. The van der Waals surface area contributed by atoms with E-state index >= 15 is 0 Å². The minimum atomic E-state index is -2.40. The third kappa shape index (κ3) is 3.96. The average molecular weight is 456 g/mol. The fourth-order valence-corrected chi connectivity index (χ4v) is 4.49. The van der Waals surface area contributed by atoms with Crippen molar-refractivity contribution in [2.45, 2.75) is 44.8 Å². The van der Waals surface area contributed by atoms with Crippen LogP contribution in [0, 0.1) is 11.7 Å². The normalized spacial score (nSPS) is 22.8. The molecule has 0 unspecified atom stereocenters. The Labute approximate surface area is 181 Å². The molecule has 0 atom stereocenters. The number of carbonyl (C=O) groups is 2. The lowest BCUT2D eigenvalue weighted by atomic mass is 9.69. The first-order chi connectivity index (χ1) is 14.6. The van der Waals surface area contributed by atoms with Gasteiger partial charge in [-0.1, -0.05) is 11.6 Å². The lowest BCUT2D eigenvalue weighted by molar-refractivity contribution is -0.0157. The molecule has 1 saturated carbocycles. The van der Waals surface area contributed by atoms with Crippen LogP contribution >= 0.6 is 11.6 Å². The number of amides is 3. The number of aromatic nitrogens is 2. The van der Waals surface area contributed by atoms with Gasteiger partial charge in [0, 0.05) is 23.6 Å². The standard InChI is InChI=1S/C20H21ClF3N5O2/c1-20(7-11(8-20)17(23)24)26-19(31)28-4-5-29-14(9-28)15(18(25)30)16(27-29)10-2-3-13(22)12(21)6-10/h2-3,6,11,17H,4-5,7-9H2,1H3,(H2,25,30)(H,26,31). The van der Waals surface area contributed by atoms with Gasteiger partial charge in [-0.25, -0.2) is 18.0 Å². The van der Waals surface area contributed by atoms with Crippen molar-refractivity contribution in [1.82, 2.24) is 20.0 Å². The zero-order chi connectivity index (χ0) is 22.5. The monoisotopic (exact) mass is 455 g/mol. The van der Waals surface area contributed by atoms with Crippen molar-refractivity contribution in [3.05, 3.63) is 40.3 Å². The molecule has 1 fully saturated rings. The van der Waals surface area contributed by atoms with Crippen molar-refractivity contribution in [3.63, 3.8) is 0 Å². The Morgan fingerprint density at radius 3 is 2.65 bits per heavy atom. The number of hydrogen-bond donors (Lipinski definition) is 2. The highest BCUT2D eigenvalue weighted by molar-refractivity contribution is 6.31. The van der Waals surface area contributed by atoms with Gasteiger partial charge in [-0.15, -0.1) is 0 Å². The fraction of sp³-hybridized carbons (Fsp3) is 0.450. The number of alkyl halides is 2. The van der Waals surface area contributed by atoms with Gasteiger partial charge in [0.05, 0.1) is 29.4 Å². The first kappa shape index (κ1) is 21.5. The van der Waals surface area contributed by atoms with Crippen molar-refractivity contribution in [1.29, 1.82) is 0 Å². The molecule has 2 heterocycles. The lowest BCUT2D eigenvalue weighted by Crippen LogP contribution is -2.60. The minimum Gasteiger partial charge on any atom is -0.365 e. The summed E-state index contributed by atoms with van der Waals surface area (Å²) in [5.74, 6) is -2.04. The number of fused-ring (bicyclic) bond motifs is 1. The third-order valence-electron chi connectivity index (χ3n) is 5.90. The molecule has 4 rings (SSSR count). The van der Waals surface area contributed by atoms with Gasteiger partial charge < -0.3 is 16.0 Å². The molecule has 2 aromatic rings. The Morgan fingerprint density at radius 1 is 1.32 bits per heavy atom. The molecule has 7 nitrogen and oxygen atoms in total. The van der Waals surface area contributed by atoms with Crippen LogP contribution in [0.15, 0.2) is 18.2 Å². The van der Waals surface area contributed by atoms with E-state index in [1.807, 2.05) is 0 Å². The van der Waals surface area contributed by atoms with Gasteiger partial charge in [0.2, 0.25) is 6.43 Å². The third-order valence-corrected chi connectivity index (χ3v) is 6.19. The molecule has 3 amide bonds. The smallest absolute Gasteiger partial charge is 0.318 e. The summed E-state index contributed by atoms with van der Waals surface area (Å²) in [6.45, 7) is 2.44. The molecule has 3 N–H and O–H groups in total. The Kier molecular flexibility index (Phi) is 5.36. The van der Waals surface area contributed by atoms with E-state index in [-0.39, 0.29) is 35.7 Å². The second-order valence-corrected chi connectivity index (χ2v) is 8.71. The number of nitrogens with one attached hydrogen (secondary N) is 1. The van der Waals surface area contributed by atoms with Gasteiger partial charge in [0.1, 0.15) is 11.5 Å². The molecule has 1 aliphatic heterocycles. The molecule has 0 saturated heterocycles. The number of benzene rings is 1. The van der Waals surface area contributed by atoms with Gasteiger partial charge in [0.15, 0.2) is 0 Å². The molecule has 0 radical (unpaired) electrons. The molecule has 0 spiro atoms. The second kappa shape index (κ2) is 7.74. The number of urea groups is 1. The average Bonchev–Trinajstić information content (AvgIpc) is 3.06. The van der Waals surface area contributed by atoms with Crippen LogP contribution in [0.5, 0.6) is 0 Å². The van der Waals surface area contributed by atoms with Gasteiger partial charge >= 0.3 is 6.03 Å². The van der Waals surface area contributed by atoms with Crippen molar-refractivity contribution < 1.29 is 22.8 Å². The molecule has 2 aliphatic rings. The topological polar surface area (TPSA) is 93.2 Å². The van der Waals surface area contributed by atoms with Crippen LogP contribution < -0.4 is 11.1 Å². The number of nitrogens with two attached hydrogens (primary N) is 1. The van der Waals surface area contributed by atoms with Crippen molar-refractivity contribution >= 4 is 23.5 Å². The summed E-state index contributed by atoms with van der Waals surface area (Å²) in [7, 11) is 0. The quantitative estimate of drug-likeness (QED) is 0.740. The molecular weight excluding hydrogens is 435 g/mol. The first-order valence-corrected chi connectivity index (χ1v) is 10.2. The van der Waals surface area contributed by atoms with E-state index in [9.17, 15) is 22.8 Å². The Bertz CT molecular complexity index is 1050. The molecule has 31 heavy (non-hydrogen) atoms. The van der Waals surface area contributed by atoms with Crippen molar-refractivity contribution in [3.8, 4) is 11.3 Å². The number of primary amides is 1. The van der Waals surface area contributed by atoms with Crippen molar-refractivity contribution in [2.24, 2.45) is 11.7 Å². The summed E-state index contributed by atoms with van der Waals surface area (Å²) >= 11 is 5.86. The molecule has 1 aromatic heterocycles. The summed E-state index contributed by atoms with van der Waals surface area (Å²) in [5.41, 5.74) is 6.19. The summed E-state index contributed by atoms with van der Waals surface area (Å²) in [5, 5.41) is 7.14. The van der Waals surface area contributed by atoms with E-state index in [0.717, 1.165) is 0 Å². The second-order valence-electron chi connectivity index (χ2n) is 8.30. The number of nitrogens with zero attached hydrogens (tertiary/aromatic N) is 3. The predicted molar refractivity (Wildman–Crippen MR) is 107 cm³/mol. The van der Waals surface area contributed by atoms with E-state index in [1.54, 1.807) is 11.6 Å².